The van der Waals surface area contributed by atoms with Gasteiger partial charge in [-0.25, -0.2) is 4.79 Å². The Labute approximate surface area is 145 Å². The molecule has 1 fully saturated rings. The predicted molar refractivity (Wildman–Crippen MR) is 94.6 cm³/mol. The molecule has 2 heterocycles. The first kappa shape index (κ1) is 15.8. The number of H-pyrrole nitrogens is 1. The van der Waals surface area contributed by atoms with Crippen molar-refractivity contribution in [1.29, 1.82) is 0 Å². The van der Waals surface area contributed by atoms with E-state index in [1.807, 2.05) is 18.2 Å². The number of nitrogens with one attached hydrogen (secondary N) is 1. The average Bonchev–Trinajstić information content (AvgIpc) is 3.06. The highest BCUT2D eigenvalue weighted by atomic mass is 16.5. The molecule has 25 heavy (non-hydrogen) atoms. The molecule has 4 rings (SSSR count). The van der Waals surface area contributed by atoms with Gasteiger partial charge in [0.15, 0.2) is 0 Å². The topological polar surface area (TPSA) is 78.4 Å². The summed E-state index contributed by atoms with van der Waals surface area (Å²) in [4.78, 5) is 13.7. The van der Waals surface area contributed by atoms with Crippen LogP contribution in [0.2, 0.25) is 0 Å². The minimum Gasteiger partial charge on any atom is -0.478 e. The number of nitrogens with zero attached hydrogens (tertiary/aromatic N) is 2. The molecule has 6 heteroatoms. The third-order valence-electron chi connectivity index (χ3n) is 4.58. The van der Waals surface area contributed by atoms with Crippen molar-refractivity contribution in [2.45, 2.75) is 6.54 Å². The number of hydrogen-bond acceptors (Lipinski definition) is 4. The Hall–Kier alpha value is -2.70. The normalized spacial score (nSPS) is 15.5. The van der Waals surface area contributed by atoms with Crippen LogP contribution >= 0.6 is 0 Å². The molecule has 2 N–H and O–H groups in total. The lowest BCUT2D eigenvalue weighted by Gasteiger charge is -2.27. The standard InChI is InChI=1S/C19H19N3O3/c23-19(24)13-5-6-17-16(11-13)18(21-20-17)15-4-2-1-3-14(15)12-22-7-9-25-10-8-22/h1-6,11H,7-10,12H2,(H,20,21)(H,23,24). The number of ether oxygens (including phenoxy) is 1. The molecule has 0 bridgehead atoms. The Kier molecular flexibility index (Phi) is 4.21. The summed E-state index contributed by atoms with van der Waals surface area (Å²) in [5.41, 5.74) is 4.10. The van der Waals surface area contributed by atoms with Gasteiger partial charge in [-0.2, -0.15) is 5.10 Å². The summed E-state index contributed by atoms with van der Waals surface area (Å²) in [6, 6.07) is 13.2. The smallest absolute Gasteiger partial charge is 0.335 e. The monoisotopic (exact) mass is 337 g/mol. The van der Waals surface area contributed by atoms with Gasteiger partial charge in [0.2, 0.25) is 0 Å². The van der Waals surface area contributed by atoms with E-state index in [0.29, 0.717) is 0 Å². The molecule has 1 saturated heterocycles. The quantitative estimate of drug-likeness (QED) is 0.765. The lowest BCUT2D eigenvalue weighted by molar-refractivity contribution is 0.0342. The number of fused-ring (bicyclic) bond motifs is 1. The third-order valence-corrected chi connectivity index (χ3v) is 4.58. The Balaban J connectivity index is 1.75. The summed E-state index contributed by atoms with van der Waals surface area (Å²) in [5, 5.41) is 17.6. The Morgan fingerprint density at radius 3 is 2.80 bits per heavy atom. The molecule has 0 spiro atoms. The van der Waals surface area contributed by atoms with Crippen LogP contribution in [0.3, 0.4) is 0 Å². The zero-order chi connectivity index (χ0) is 17.2. The molecule has 0 atom stereocenters. The van der Waals surface area contributed by atoms with Crippen molar-refractivity contribution in [2.75, 3.05) is 26.3 Å². The number of benzene rings is 2. The molecule has 128 valence electrons. The largest absolute Gasteiger partial charge is 0.478 e. The third kappa shape index (κ3) is 3.14. The average molecular weight is 337 g/mol. The van der Waals surface area contributed by atoms with E-state index in [0.717, 1.165) is 55.0 Å². The van der Waals surface area contributed by atoms with E-state index >= 15 is 0 Å². The molecule has 1 aromatic heterocycles. The van der Waals surface area contributed by atoms with Gasteiger partial charge in [0.05, 0.1) is 24.3 Å². The van der Waals surface area contributed by atoms with E-state index in [-0.39, 0.29) is 5.56 Å². The van der Waals surface area contributed by atoms with Crippen LogP contribution in [0.5, 0.6) is 0 Å². The predicted octanol–water partition coefficient (Wildman–Crippen LogP) is 2.76. The number of carbonyl (C=O) groups is 1. The van der Waals surface area contributed by atoms with E-state index in [1.54, 1.807) is 18.2 Å². The van der Waals surface area contributed by atoms with E-state index < -0.39 is 5.97 Å². The van der Waals surface area contributed by atoms with E-state index in [2.05, 4.69) is 21.2 Å². The number of morpholine rings is 1. The first-order valence-electron chi connectivity index (χ1n) is 8.32. The summed E-state index contributed by atoms with van der Waals surface area (Å²) in [6.07, 6.45) is 0. The van der Waals surface area contributed by atoms with Gasteiger partial charge in [-0.1, -0.05) is 24.3 Å². The number of aromatic carboxylic acids is 1. The van der Waals surface area contributed by atoms with Crippen molar-refractivity contribution in [1.82, 2.24) is 15.1 Å². The highest BCUT2D eigenvalue weighted by molar-refractivity contribution is 5.99. The fraction of sp³-hybridized carbons (Fsp3) is 0.263. The highest BCUT2D eigenvalue weighted by Gasteiger charge is 2.17. The second-order valence-electron chi connectivity index (χ2n) is 6.18. The molecule has 0 radical (unpaired) electrons. The van der Waals surface area contributed by atoms with Crippen molar-refractivity contribution in [3.8, 4) is 11.3 Å². The van der Waals surface area contributed by atoms with Crippen LogP contribution in [0.25, 0.3) is 22.2 Å². The first-order valence-corrected chi connectivity index (χ1v) is 8.32. The first-order chi connectivity index (χ1) is 12.2. The summed E-state index contributed by atoms with van der Waals surface area (Å²) in [5.74, 6) is -0.935. The van der Waals surface area contributed by atoms with Crippen LogP contribution in [0.4, 0.5) is 0 Å². The van der Waals surface area contributed by atoms with Crippen molar-refractivity contribution < 1.29 is 14.6 Å². The van der Waals surface area contributed by atoms with E-state index in [1.165, 1.54) is 5.56 Å². The SMILES string of the molecule is O=C(O)c1ccc2[nH]nc(-c3ccccc3CN3CCOCC3)c2c1. The second-order valence-corrected chi connectivity index (χ2v) is 6.18. The van der Waals surface area contributed by atoms with Crippen LogP contribution in [0.15, 0.2) is 42.5 Å². The zero-order valence-electron chi connectivity index (χ0n) is 13.7. The number of carboxylic acids is 1. The van der Waals surface area contributed by atoms with Gasteiger partial charge < -0.3 is 9.84 Å². The Morgan fingerprint density at radius 2 is 2.00 bits per heavy atom. The summed E-state index contributed by atoms with van der Waals surface area (Å²) in [7, 11) is 0. The summed E-state index contributed by atoms with van der Waals surface area (Å²) < 4.78 is 5.42. The molecular weight excluding hydrogens is 318 g/mol. The zero-order valence-corrected chi connectivity index (χ0v) is 13.7. The van der Waals surface area contributed by atoms with Crippen LogP contribution in [0, 0.1) is 0 Å². The van der Waals surface area contributed by atoms with Crippen molar-refractivity contribution >= 4 is 16.9 Å². The fourth-order valence-electron chi connectivity index (χ4n) is 3.24. The molecule has 0 saturated carbocycles. The number of hydrogen-bond donors (Lipinski definition) is 2. The molecule has 0 aliphatic carbocycles. The molecule has 1 aliphatic rings. The van der Waals surface area contributed by atoms with Gasteiger partial charge in [-0.05, 0) is 23.8 Å². The number of aromatic amines is 1. The van der Waals surface area contributed by atoms with Crippen molar-refractivity contribution in [2.24, 2.45) is 0 Å². The van der Waals surface area contributed by atoms with Crippen molar-refractivity contribution in [3.63, 3.8) is 0 Å². The Morgan fingerprint density at radius 1 is 1.20 bits per heavy atom. The number of carboxylic acid groups (broad SMARTS) is 1. The highest BCUT2D eigenvalue weighted by Crippen LogP contribution is 2.30. The van der Waals surface area contributed by atoms with Crippen LogP contribution in [-0.4, -0.2) is 52.5 Å². The fourth-order valence-corrected chi connectivity index (χ4v) is 3.24. The minimum absolute atomic E-state index is 0.265. The molecule has 6 nitrogen and oxygen atoms in total. The van der Waals surface area contributed by atoms with Gasteiger partial charge in [-0.3, -0.25) is 10.00 Å². The Bertz CT molecular complexity index is 913. The number of rotatable bonds is 4. The van der Waals surface area contributed by atoms with Gasteiger partial charge >= 0.3 is 5.97 Å². The molecular formula is C19H19N3O3. The van der Waals surface area contributed by atoms with Crippen molar-refractivity contribution in [3.05, 3.63) is 53.6 Å². The maximum Gasteiger partial charge on any atom is 0.335 e. The van der Waals surface area contributed by atoms with Gasteiger partial charge in [-0.15, -0.1) is 0 Å². The van der Waals surface area contributed by atoms with Gasteiger partial charge in [0, 0.05) is 30.6 Å². The maximum atomic E-state index is 11.3. The summed E-state index contributed by atoms with van der Waals surface area (Å²) in [6.45, 7) is 4.18. The molecule has 1 aliphatic heterocycles. The van der Waals surface area contributed by atoms with Crippen LogP contribution in [0.1, 0.15) is 15.9 Å². The van der Waals surface area contributed by atoms with Gasteiger partial charge in [0.1, 0.15) is 5.69 Å². The molecule has 3 aromatic rings. The van der Waals surface area contributed by atoms with Crippen LogP contribution < -0.4 is 0 Å². The lowest BCUT2D eigenvalue weighted by Crippen LogP contribution is -2.35. The lowest BCUT2D eigenvalue weighted by atomic mass is 10.0. The summed E-state index contributed by atoms with van der Waals surface area (Å²) >= 11 is 0. The minimum atomic E-state index is -0.935. The molecule has 2 aromatic carbocycles. The maximum absolute atomic E-state index is 11.3. The number of aromatic nitrogens is 2. The van der Waals surface area contributed by atoms with Crippen LogP contribution in [-0.2, 0) is 11.3 Å². The van der Waals surface area contributed by atoms with E-state index in [9.17, 15) is 9.90 Å². The second kappa shape index (κ2) is 6.66. The molecule has 0 unspecified atom stereocenters. The van der Waals surface area contributed by atoms with Gasteiger partial charge in [0.25, 0.3) is 0 Å². The molecule has 0 amide bonds. The van der Waals surface area contributed by atoms with E-state index in [4.69, 9.17) is 4.74 Å².